The Morgan fingerprint density at radius 1 is 1.21 bits per heavy atom. The maximum Gasteiger partial charge on any atom is 0.254 e. The van der Waals surface area contributed by atoms with Crippen LogP contribution >= 0.6 is 0 Å². The van der Waals surface area contributed by atoms with E-state index in [4.69, 9.17) is 0 Å². The summed E-state index contributed by atoms with van der Waals surface area (Å²) in [6.07, 6.45) is 4.60. The molecule has 3 rings (SSSR count). The normalized spacial score (nSPS) is 12.0. The summed E-state index contributed by atoms with van der Waals surface area (Å²) in [5, 5.41) is 6.82. The molecule has 2 heterocycles. The van der Waals surface area contributed by atoms with Crippen LogP contribution in [0.4, 0.5) is 8.78 Å². The number of carbonyl (C=O) groups is 1. The standard InChI is InChI=1S/C17H14F2N4O/c1-11(12-5-6-14(18)15(19)8-12)22-17(24)13-9-21-23(10-13)16-4-2-3-7-20-16/h2-11H,1H3,(H,22,24). The monoisotopic (exact) mass is 328 g/mol. The number of hydrogen-bond donors (Lipinski definition) is 1. The predicted molar refractivity (Wildman–Crippen MR) is 83.6 cm³/mol. The SMILES string of the molecule is CC(NC(=O)c1cnn(-c2ccccn2)c1)c1ccc(F)c(F)c1. The van der Waals surface area contributed by atoms with E-state index < -0.39 is 17.7 Å². The fourth-order valence-corrected chi connectivity index (χ4v) is 2.20. The number of nitrogens with zero attached hydrogens (tertiary/aromatic N) is 3. The van der Waals surface area contributed by atoms with Crippen LogP contribution in [0.2, 0.25) is 0 Å². The molecule has 1 unspecified atom stereocenters. The molecule has 1 aromatic carbocycles. The Balaban J connectivity index is 1.73. The molecule has 0 aliphatic heterocycles. The number of hydrogen-bond acceptors (Lipinski definition) is 3. The summed E-state index contributed by atoms with van der Waals surface area (Å²) in [4.78, 5) is 16.4. The minimum absolute atomic E-state index is 0.343. The number of nitrogens with one attached hydrogen (secondary N) is 1. The lowest BCUT2D eigenvalue weighted by Crippen LogP contribution is -2.26. The number of rotatable bonds is 4. The molecule has 0 radical (unpaired) electrons. The minimum Gasteiger partial charge on any atom is -0.345 e. The smallest absolute Gasteiger partial charge is 0.254 e. The second-order valence-electron chi connectivity index (χ2n) is 5.23. The molecular weight excluding hydrogens is 314 g/mol. The van der Waals surface area contributed by atoms with E-state index in [9.17, 15) is 13.6 Å². The Morgan fingerprint density at radius 2 is 2.04 bits per heavy atom. The summed E-state index contributed by atoms with van der Waals surface area (Å²) >= 11 is 0. The average molecular weight is 328 g/mol. The van der Waals surface area contributed by atoms with E-state index in [-0.39, 0.29) is 5.91 Å². The molecule has 1 amide bonds. The Hall–Kier alpha value is -3.09. The lowest BCUT2D eigenvalue weighted by molar-refractivity contribution is 0.0940. The summed E-state index contributed by atoms with van der Waals surface area (Å²) < 4.78 is 27.7. The van der Waals surface area contributed by atoms with E-state index in [1.807, 2.05) is 6.07 Å². The quantitative estimate of drug-likeness (QED) is 0.801. The van der Waals surface area contributed by atoms with Crippen LogP contribution in [0.1, 0.15) is 28.9 Å². The predicted octanol–water partition coefficient (Wildman–Crippen LogP) is 3.04. The van der Waals surface area contributed by atoms with Gasteiger partial charge < -0.3 is 5.32 Å². The Bertz CT molecular complexity index is 864. The molecule has 1 atom stereocenters. The van der Waals surface area contributed by atoms with Crippen molar-refractivity contribution >= 4 is 5.91 Å². The van der Waals surface area contributed by atoms with Gasteiger partial charge in [0.2, 0.25) is 0 Å². The summed E-state index contributed by atoms with van der Waals surface area (Å²) in [6.45, 7) is 1.69. The van der Waals surface area contributed by atoms with Crippen molar-refractivity contribution in [3.63, 3.8) is 0 Å². The third-order valence-corrected chi connectivity index (χ3v) is 3.52. The van der Waals surface area contributed by atoms with Crippen molar-refractivity contribution in [1.82, 2.24) is 20.1 Å². The van der Waals surface area contributed by atoms with Gasteiger partial charge in [0.25, 0.3) is 5.91 Å². The topological polar surface area (TPSA) is 59.8 Å². The van der Waals surface area contributed by atoms with Crippen LogP contribution in [0.3, 0.4) is 0 Å². The van der Waals surface area contributed by atoms with E-state index in [2.05, 4.69) is 15.4 Å². The van der Waals surface area contributed by atoms with E-state index in [0.29, 0.717) is 16.9 Å². The number of aromatic nitrogens is 3. The highest BCUT2D eigenvalue weighted by Gasteiger charge is 2.15. The molecule has 5 nitrogen and oxygen atoms in total. The zero-order chi connectivity index (χ0) is 17.1. The van der Waals surface area contributed by atoms with Crippen molar-refractivity contribution in [1.29, 1.82) is 0 Å². The summed E-state index contributed by atoms with van der Waals surface area (Å²) in [6, 6.07) is 8.41. The first-order chi connectivity index (χ1) is 11.5. The van der Waals surface area contributed by atoms with Gasteiger partial charge in [0.15, 0.2) is 17.5 Å². The van der Waals surface area contributed by atoms with Gasteiger partial charge in [0.05, 0.1) is 17.8 Å². The highest BCUT2D eigenvalue weighted by atomic mass is 19.2. The molecule has 1 N–H and O–H groups in total. The van der Waals surface area contributed by atoms with Gasteiger partial charge in [-0.15, -0.1) is 0 Å². The molecule has 24 heavy (non-hydrogen) atoms. The zero-order valence-electron chi connectivity index (χ0n) is 12.8. The number of halogens is 2. The average Bonchev–Trinajstić information content (AvgIpc) is 3.08. The summed E-state index contributed by atoms with van der Waals surface area (Å²) in [5.41, 5.74) is 0.814. The lowest BCUT2D eigenvalue weighted by atomic mass is 10.1. The third-order valence-electron chi connectivity index (χ3n) is 3.52. The maximum absolute atomic E-state index is 13.3. The van der Waals surface area contributed by atoms with Crippen LogP contribution in [-0.4, -0.2) is 20.7 Å². The number of carbonyl (C=O) groups excluding carboxylic acids is 1. The molecule has 7 heteroatoms. The Kier molecular flexibility index (Phi) is 4.33. The van der Waals surface area contributed by atoms with Crippen molar-refractivity contribution < 1.29 is 13.6 Å². The number of pyridine rings is 1. The van der Waals surface area contributed by atoms with Crippen molar-refractivity contribution in [2.45, 2.75) is 13.0 Å². The molecule has 2 aromatic heterocycles. The van der Waals surface area contributed by atoms with Gasteiger partial charge in [-0.05, 0) is 36.8 Å². The van der Waals surface area contributed by atoms with Crippen LogP contribution in [0.15, 0.2) is 55.0 Å². The molecule has 3 aromatic rings. The first-order valence-corrected chi connectivity index (χ1v) is 7.26. The van der Waals surface area contributed by atoms with E-state index in [1.54, 1.807) is 31.5 Å². The van der Waals surface area contributed by atoms with E-state index in [0.717, 1.165) is 12.1 Å². The van der Waals surface area contributed by atoms with Gasteiger partial charge in [-0.2, -0.15) is 5.10 Å². The van der Waals surface area contributed by atoms with Crippen LogP contribution in [-0.2, 0) is 0 Å². The van der Waals surface area contributed by atoms with Crippen molar-refractivity contribution in [3.05, 3.63) is 77.8 Å². The number of amides is 1. The third kappa shape index (κ3) is 3.29. The maximum atomic E-state index is 13.3. The summed E-state index contributed by atoms with van der Waals surface area (Å²) in [5.74, 6) is -1.65. The molecule has 0 fully saturated rings. The van der Waals surface area contributed by atoms with Crippen LogP contribution in [0, 0.1) is 11.6 Å². The Labute approximate surface area is 137 Å². The van der Waals surface area contributed by atoms with Gasteiger partial charge >= 0.3 is 0 Å². The first kappa shape index (κ1) is 15.8. The summed E-state index contributed by atoms with van der Waals surface area (Å²) in [7, 11) is 0. The first-order valence-electron chi connectivity index (χ1n) is 7.26. The largest absolute Gasteiger partial charge is 0.345 e. The van der Waals surface area contributed by atoms with Crippen molar-refractivity contribution in [2.75, 3.05) is 0 Å². The molecule has 0 spiro atoms. The fraction of sp³-hybridized carbons (Fsp3) is 0.118. The van der Waals surface area contributed by atoms with Crippen LogP contribution in [0.5, 0.6) is 0 Å². The molecule has 0 saturated heterocycles. The molecule has 0 bridgehead atoms. The van der Waals surface area contributed by atoms with Crippen LogP contribution < -0.4 is 5.32 Å². The highest BCUT2D eigenvalue weighted by molar-refractivity contribution is 5.94. The van der Waals surface area contributed by atoms with E-state index in [1.165, 1.54) is 16.9 Å². The lowest BCUT2D eigenvalue weighted by Gasteiger charge is -2.13. The molecule has 0 saturated carbocycles. The van der Waals surface area contributed by atoms with Gasteiger partial charge in [-0.25, -0.2) is 18.4 Å². The van der Waals surface area contributed by atoms with E-state index >= 15 is 0 Å². The van der Waals surface area contributed by atoms with Gasteiger partial charge in [0.1, 0.15) is 0 Å². The fourth-order valence-electron chi connectivity index (χ4n) is 2.20. The molecule has 122 valence electrons. The van der Waals surface area contributed by atoms with Crippen LogP contribution in [0.25, 0.3) is 5.82 Å². The molecule has 0 aliphatic rings. The van der Waals surface area contributed by atoms with Crippen molar-refractivity contribution in [3.8, 4) is 5.82 Å². The Morgan fingerprint density at radius 3 is 2.75 bits per heavy atom. The van der Waals surface area contributed by atoms with Crippen molar-refractivity contribution in [2.24, 2.45) is 0 Å². The number of benzene rings is 1. The van der Waals surface area contributed by atoms with Gasteiger partial charge in [0, 0.05) is 12.4 Å². The van der Waals surface area contributed by atoms with Gasteiger partial charge in [-0.1, -0.05) is 12.1 Å². The molecule has 0 aliphatic carbocycles. The zero-order valence-corrected chi connectivity index (χ0v) is 12.8. The second-order valence-corrected chi connectivity index (χ2v) is 5.23. The minimum atomic E-state index is -0.948. The van der Waals surface area contributed by atoms with Gasteiger partial charge in [-0.3, -0.25) is 4.79 Å². The highest BCUT2D eigenvalue weighted by Crippen LogP contribution is 2.16. The molecular formula is C17H14F2N4O. The second kappa shape index (κ2) is 6.57.